The minimum absolute atomic E-state index is 0.00173. The van der Waals surface area contributed by atoms with E-state index < -0.39 is 5.79 Å². The lowest BCUT2D eigenvalue weighted by Crippen LogP contribution is -2.30. The summed E-state index contributed by atoms with van der Waals surface area (Å²) < 4.78 is 12.0. The number of ether oxygens (including phenoxy) is 2. The van der Waals surface area contributed by atoms with Gasteiger partial charge in [-0.05, 0) is 23.1 Å². The zero-order valence-electron chi connectivity index (χ0n) is 19.9. The van der Waals surface area contributed by atoms with Gasteiger partial charge in [-0.25, -0.2) is 9.80 Å². The van der Waals surface area contributed by atoms with Gasteiger partial charge in [0, 0.05) is 37.1 Å². The van der Waals surface area contributed by atoms with Crippen LogP contribution in [0.4, 0.5) is 10.5 Å². The van der Waals surface area contributed by atoms with E-state index in [0.29, 0.717) is 18.0 Å². The van der Waals surface area contributed by atoms with E-state index in [9.17, 15) is 4.79 Å². The molecule has 5 rings (SSSR count). The molecule has 34 heavy (non-hydrogen) atoms. The highest BCUT2D eigenvalue weighted by Gasteiger charge is 2.36. The third-order valence-corrected chi connectivity index (χ3v) is 6.08. The molecule has 3 aromatic carbocycles. The van der Waals surface area contributed by atoms with Crippen LogP contribution in [0, 0.1) is 0 Å². The van der Waals surface area contributed by atoms with E-state index in [0.717, 1.165) is 28.2 Å². The number of amides is 2. The number of nitrogens with zero attached hydrogens (tertiary/aromatic N) is 2. The molecule has 174 valence electrons. The first-order valence-electron chi connectivity index (χ1n) is 11.6. The van der Waals surface area contributed by atoms with Crippen molar-refractivity contribution < 1.29 is 14.3 Å². The minimum Gasteiger partial charge on any atom is -0.449 e. The molecule has 0 aliphatic carbocycles. The van der Waals surface area contributed by atoms with E-state index in [4.69, 9.17) is 14.6 Å². The van der Waals surface area contributed by atoms with E-state index in [1.165, 1.54) is 5.01 Å². The zero-order chi connectivity index (χ0) is 23.9. The second kappa shape index (κ2) is 8.52. The highest BCUT2D eigenvalue weighted by Crippen LogP contribution is 2.46. The average molecular weight is 456 g/mol. The molecule has 0 aromatic heterocycles. The molecule has 0 spiro atoms. The Labute approximate surface area is 200 Å². The highest BCUT2D eigenvalue weighted by molar-refractivity contribution is 6.07. The molecule has 0 bridgehead atoms. The highest BCUT2D eigenvalue weighted by atomic mass is 16.7. The Morgan fingerprint density at radius 2 is 1.71 bits per heavy atom. The summed E-state index contributed by atoms with van der Waals surface area (Å²) in [4.78, 5) is 13.3. The average Bonchev–Trinajstić information content (AvgIpc) is 3.40. The number of anilines is 1. The number of benzene rings is 3. The van der Waals surface area contributed by atoms with Gasteiger partial charge in [0.2, 0.25) is 5.79 Å². The smallest absolute Gasteiger partial charge is 0.342 e. The molecule has 0 fully saturated rings. The SMILES string of the molecule is CC(C)c1cc(NC(=O)N2CC(c3ccccc3)C(c3ccccc3)=N2)cc2c1OC(C)(C)O2. The van der Waals surface area contributed by atoms with Gasteiger partial charge in [0.25, 0.3) is 0 Å². The van der Waals surface area contributed by atoms with Gasteiger partial charge in [0.05, 0.1) is 12.3 Å². The Bertz CT molecular complexity index is 1240. The number of hydrazone groups is 1. The van der Waals surface area contributed by atoms with Gasteiger partial charge in [-0.1, -0.05) is 74.5 Å². The molecular weight excluding hydrogens is 426 g/mol. The number of carbonyl (C=O) groups is 1. The maximum absolute atomic E-state index is 13.3. The molecular formula is C28H29N3O3. The van der Waals surface area contributed by atoms with E-state index in [1.54, 1.807) is 0 Å². The van der Waals surface area contributed by atoms with E-state index in [2.05, 4.69) is 31.3 Å². The fraction of sp³-hybridized carbons (Fsp3) is 0.286. The molecule has 0 saturated carbocycles. The second-order valence-electron chi connectivity index (χ2n) is 9.48. The van der Waals surface area contributed by atoms with Crippen molar-refractivity contribution in [3.63, 3.8) is 0 Å². The third-order valence-electron chi connectivity index (χ3n) is 6.08. The van der Waals surface area contributed by atoms with Crippen LogP contribution >= 0.6 is 0 Å². The van der Waals surface area contributed by atoms with Gasteiger partial charge in [-0.15, -0.1) is 0 Å². The minimum atomic E-state index is -0.735. The summed E-state index contributed by atoms with van der Waals surface area (Å²) in [6.07, 6.45) is 0. The summed E-state index contributed by atoms with van der Waals surface area (Å²) >= 11 is 0. The quantitative estimate of drug-likeness (QED) is 0.498. The molecule has 1 N–H and O–H groups in total. The molecule has 6 heteroatoms. The molecule has 1 atom stereocenters. The molecule has 2 amide bonds. The summed E-state index contributed by atoms with van der Waals surface area (Å²) in [7, 11) is 0. The molecule has 1 unspecified atom stereocenters. The second-order valence-corrected chi connectivity index (χ2v) is 9.48. The van der Waals surface area contributed by atoms with E-state index >= 15 is 0 Å². The summed E-state index contributed by atoms with van der Waals surface area (Å²) in [6, 6.07) is 23.7. The normalized spacial score (nSPS) is 18.2. The molecule has 3 aromatic rings. The van der Waals surface area contributed by atoms with Crippen molar-refractivity contribution in [2.75, 3.05) is 11.9 Å². The number of rotatable bonds is 4. The van der Waals surface area contributed by atoms with Gasteiger partial charge < -0.3 is 14.8 Å². The molecule has 0 radical (unpaired) electrons. The fourth-order valence-corrected chi connectivity index (χ4v) is 4.47. The lowest BCUT2D eigenvalue weighted by molar-refractivity contribution is -0.0435. The fourth-order valence-electron chi connectivity index (χ4n) is 4.47. The van der Waals surface area contributed by atoms with Crippen molar-refractivity contribution in [1.82, 2.24) is 5.01 Å². The van der Waals surface area contributed by atoms with Crippen molar-refractivity contribution in [2.24, 2.45) is 5.10 Å². The van der Waals surface area contributed by atoms with Gasteiger partial charge in [0.15, 0.2) is 11.5 Å². The Hall–Kier alpha value is -3.80. The molecule has 2 heterocycles. The van der Waals surface area contributed by atoms with Crippen LogP contribution < -0.4 is 14.8 Å². The van der Waals surface area contributed by atoms with Crippen LogP contribution in [0.5, 0.6) is 11.5 Å². The molecule has 0 saturated heterocycles. The largest absolute Gasteiger partial charge is 0.449 e. The van der Waals surface area contributed by atoms with Gasteiger partial charge in [-0.3, -0.25) is 0 Å². The number of carbonyl (C=O) groups excluding carboxylic acids is 1. The Morgan fingerprint density at radius 1 is 1.03 bits per heavy atom. The van der Waals surface area contributed by atoms with Crippen LogP contribution in [0.3, 0.4) is 0 Å². The summed E-state index contributed by atoms with van der Waals surface area (Å²) in [6.45, 7) is 8.41. The molecule has 2 aliphatic rings. The third kappa shape index (κ3) is 4.23. The molecule has 6 nitrogen and oxygen atoms in total. The number of hydrogen-bond donors (Lipinski definition) is 1. The lowest BCUT2D eigenvalue weighted by Gasteiger charge is -2.17. The van der Waals surface area contributed by atoms with Crippen molar-refractivity contribution in [1.29, 1.82) is 0 Å². The Balaban J connectivity index is 1.43. The van der Waals surface area contributed by atoms with Crippen molar-refractivity contribution in [3.8, 4) is 11.5 Å². The van der Waals surface area contributed by atoms with Gasteiger partial charge in [-0.2, -0.15) is 5.10 Å². The molecule has 2 aliphatic heterocycles. The number of nitrogens with one attached hydrogen (secondary N) is 1. The summed E-state index contributed by atoms with van der Waals surface area (Å²) in [5.74, 6) is 0.857. The number of urea groups is 1. The van der Waals surface area contributed by atoms with Crippen molar-refractivity contribution in [3.05, 3.63) is 89.5 Å². The first-order valence-corrected chi connectivity index (χ1v) is 11.6. The first-order chi connectivity index (χ1) is 16.3. The van der Waals surface area contributed by atoms with Crippen LogP contribution in [0.15, 0.2) is 77.9 Å². The number of hydrogen-bond acceptors (Lipinski definition) is 4. The first kappa shape index (κ1) is 22.0. The van der Waals surface area contributed by atoms with Crippen molar-refractivity contribution in [2.45, 2.75) is 45.3 Å². The summed E-state index contributed by atoms with van der Waals surface area (Å²) in [5, 5.41) is 9.29. The Kier molecular flexibility index (Phi) is 5.52. The lowest BCUT2D eigenvalue weighted by atomic mass is 9.91. The topological polar surface area (TPSA) is 63.2 Å². The predicted molar refractivity (Wildman–Crippen MR) is 134 cm³/mol. The maximum atomic E-state index is 13.3. The van der Waals surface area contributed by atoms with Gasteiger partial charge in [0.1, 0.15) is 0 Å². The van der Waals surface area contributed by atoms with Gasteiger partial charge >= 0.3 is 6.03 Å². The predicted octanol–water partition coefficient (Wildman–Crippen LogP) is 6.35. The van der Waals surface area contributed by atoms with Crippen molar-refractivity contribution >= 4 is 17.4 Å². The van der Waals surface area contributed by atoms with Crippen LogP contribution in [-0.4, -0.2) is 29.1 Å². The zero-order valence-corrected chi connectivity index (χ0v) is 19.9. The van der Waals surface area contributed by atoms with Crippen LogP contribution in [0.2, 0.25) is 0 Å². The summed E-state index contributed by atoms with van der Waals surface area (Å²) in [5.41, 5.74) is 4.69. The van der Waals surface area contributed by atoms with E-state index in [1.807, 2.05) is 74.5 Å². The Morgan fingerprint density at radius 3 is 2.38 bits per heavy atom. The van der Waals surface area contributed by atoms with Crippen LogP contribution in [0.1, 0.15) is 56.2 Å². The monoisotopic (exact) mass is 455 g/mol. The van der Waals surface area contributed by atoms with Crippen LogP contribution in [-0.2, 0) is 0 Å². The van der Waals surface area contributed by atoms with Crippen LogP contribution in [0.25, 0.3) is 0 Å². The number of fused-ring (bicyclic) bond motifs is 1. The maximum Gasteiger partial charge on any atom is 0.342 e. The van der Waals surface area contributed by atoms with E-state index in [-0.39, 0.29) is 17.9 Å². The standard InChI is InChI=1S/C28H29N3O3/c1-18(2)22-15-21(16-24-26(22)34-28(3,4)33-24)29-27(32)31-17-23(19-11-7-5-8-12-19)25(30-31)20-13-9-6-10-14-20/h5-16,18,23H,17H2,1-4H3,(H,29,32).